The van der Waals surface area contributed by atoms with E-state index in [4.69, 9.17) is 4.74 Å². The minimum absolute atomic E-state index is 0.482. The van der Waals surface area contributed by atoms with E-state index in [1.807, 2.05) is 6.20 Å². The molecule has 0 saturated carbocycles. The van der Waals surface area contributed by atoms with Crippen molar-refractivity contribution >= 4 is 11.8 Å². The molecule has 2 rings (SSSR count). The summed E-state index contributed by atoms with van der Waals surface area (Å²) >= 11 is 1.71. The first-order valence-electron chi connectivity index (χ1n) is 3.19. The van der Waals surface area contributed by atoms with E-state index in [-0.39, 0.29) is 0 Å². The first-order chi connectivity index (χ1) is 4.95. The number of thioether (sulfide) groups is 1. The van der Waals surface area contributed by atoms with Gasteiger partial charge in [-0.25, -0.2) is 4.98 Å². The summed E-state index contributed by atoms with van der Waals surface area (Å²) in [4.78, 5) is 7.08. The Balaban J connectivity index is 1.79. The van der Waals surface area contributed by atoms with Gasteiger partial charge < -0.3 is 9.72 Å². The van der Waals surface area contributed by atoms with Crippen LogP contribution in [0, 0.1) is 0 Å². The number of ether oxygens (including phenoxy) is 1. The zero-order valence-electron chi connectivity index (χ0n) is 5.41. The number of H-pyrrole nitrogens is 1. The Kier molecular flexibility index (Phi) is 1.65. The van der Waals surface area contributed by atoms with Crippen LogP contribution in [0.1, 0.15) is 0 Å². The SMILES string of the molecule is c1c[nH]c(SC[C@@H]2CO2)n1. The molecule has 1 saturated heterocycles. The highest BCUT2D eigenvalue weighted by molar-refractivity contribution is 7.99. The molecule has 0 amide bonds. The topological polar surface area (TPSA) is 41.2 Å². The normalized spacial score (nSPS) is 23.0. The molecule has 10 heavy (non-hydrogen) atoms. The number of nitrogens with zero attached hydrogens (tertiary/aromatic N) is 1. The van der Waals surface area contributed by atoms with E-state index in [0.717, 1.165) is 17.5 Å². The summed E-state index contributed by atoms with van der Waals surface area (Å²) < 4.78 is 5.04. The molecule has 1 aromatic rings. The predicted octanol–water partition coefficient (Wildman–Crippen LogP) is 0.901. The van der Waals surface area contributed by atoms with Crippen LogP contribution in [0.5, 0.6) is 0 Å². The van der Waals surface area contributed by atoms with Crippen molar-refractivity contribution in [2.75, 3.05) is 12.4 Å². The maximum absolute atomic E-state index is 5.04. The van der Waals surface area contributed by atoms with Crippen LogP contribution in [0.4, 0.5) is 0 Å². The van der Waals surface area contributed by atoms with Gasteiger partial charge in [0.2, 0.25) is 0 Å². The van der Waals surface area contributed by atoms with Crippen LogP contribution in [-0.2, 0) is 4.74 Å². The van der Waals surface area contributed by atoms with E-state index in [2.05, 4.69) is 9.97 Å². The van der Waals surface area contributed by atoms with Gasteiger partial charge in [0.1, 0.15) is 0 Å². The minimum atomic E-state index is 0.482. The van der Waals surface area contributed by atoms with Crippen molar-refractivity contribution in [3.8, 4) is 0 Å². The van der Waals surface area contributed by atoms with Crippen molar-refractivity contribution < 1.29 is 4.74 Å². The lowest BCUT2D eigenvalue weighted by atomic mass is 10.6. The Labute approximate surface area is 63.2 Å². The molecule has 1 aromatic heterocycles. The molecule has 1 aliphatic heterocycles. The van der Waals surface area contributed by atoms with Crippen molar-refractivity contribution in [2.24, 2.45) is 0 Å². The van der Waals surface area contributed by atoms with Crippen LogP contribution >= 0.6 is 11.8 Å². The first-order valence-corrected chi connectivity index (χ1v) is 4.17. The van der Waals surface area contributed by atoms with Gasteiger partial charge in [0.05, 0.1) is 12.7 Å². The van der Waals surface area contributed by atoms with Crippen molar-refractivity contribution in [1.82, 2.24) is 9.97 Å². The van der Waals surface area contributed by atoms with Crippen LogP contribution in [0.15, 0.2) is 17.6 Å². The summed E-state index contributed by atoms with van der Waals surface area (Å²) in [6.45, 7) is 0.924. The standard InChI is InChI=1S/C6H8N2OS/c1-2-8-6(7-1)10-4-5-3-9-5/h1-2,5H,3-4H2,(H,7,8)/t5-/m0/s1. The molecule has 1 fully saturated rings. The van der Waals surface area contributed by atoms with Gasteiger partial charge in [-0.1, -0.05) is 11.8 Å². The average Bonchev–Trinajstić information content (AvgIpc) is 2.63. The van der Waals surface area contributed by atoms with Crippen LogP contribution in [0.25, 0.3) is 0 Å². The third kappa shape index (κ3) is 1.52. The second kappa shape index (κ2) is 2.64. The van der Waals surface area contributed by atoms with Gasteiger partial charge >= 0.3 is 0 Å². The third-order valence-electron chi connectivity index (χ3n) is 1.28. The molecular formula is C6H8N2OS. The van der Waals surface area contributed by atoms with E-state index < -0.39 is 0 Å². The number of hydrogen-bond acceptors (Lipinski definition) is 3. The number of imidazole rings is 1. The smallest absolute Gasteiger partial charge is 0.165 e. The van der Waals surface area contributed by atoms with E-state index in [1.54, 1.807) is 18.0 Å². The van der Waals surface area contributed by atoms with E-state index >= 15 is 0 Å². The van der Waals surface area contributed by atoms with Gasteiger partial charge in [-0.3, -0.25) is 0 Å². The lowest BCUT2D eigenvalue weighted by Crippen LogP contribution is -1.88. The van der Waals surface area contributed by atoms with E-state index in [9.17, 15) is 0 Å². The van der Waals surface area contributed by atoms with Gasteiger partial charge in [0.15, 0.2) is 5.16 Å². The maximum Gasteiger partial charge on any atom is 0.165 e. The van der Waals surface area contributed by atoms with Gasteiger partial charge in [-0.15, -0.1) is 0 Å². The predicted molar refractivity (Wildman–Crippen MR) is 39.1 cm³/mol. The molecule has 4 heteroatoms. The highest BCUT2D eigenvalue weighted by Crippen LogP contribution is 2.20. The highest BCUT2D eigenvalue weighted by atomic mass is 32.2. The Hall–Kier alpha value is -0.480. The number of nitrogens with one attached hydrogen (secondary N) is 1. The Bertz CT molecular complexity index is 196. The molecule has 0 unspecified atom stereocenters. The molecule has 54 valence electrons. The number of aromatic nitrogens is 2. The van der Waals surface area contributed by atoms with Crippen LogP contribution < -0.4 is 0 Å². The second-order valence-electron chi connectivity index (χ2n) is 2.16. The number of aromatic amines is 1. The van der Waals surface area contributed by atoms with Gasteiger partial charge in [-0.05, 0) is 0 Å². The quantitative estimate of drug-likeness (QED) is 0.522. The average molecular weight is 156 g/mol. The Morgan fingerprint density at radius 3 is 3.40 bits per heavy atom. The Morgan fingerprint density at radius 2 is 2.80 bits per heavy atom. The molecule has 0 bridgehead atoms. The lowest BCUT2D eigenvalue weighted by molar-refractivity contribution is 0.426. The van der Waals surface area contributed by atoms with E-state index in [1.165, 1.54) is 0 Å². The molecule has 0 aliphatic carbocycles. The van der Waals surface area contributed by atoms with Crippen molar-refractivity contribution in [3.63, 3.8) is 0 Å². The highest BCUT2D eigenvalue weighted by Gasteiger charge is 2.22. The number of hydrogen-bond donors (Lipinski definition) is 1. The van der Waals surface area contributed by atoms with Crippen LogP contribution in [-0.4, -0.2) is 28.4 Å². The lowest BCUT2D eigenvalue weighted by Gasteiger charge is -1.90. The fourth-order valence-electron chi connectivity index (χ4n) is 0.666. The van der Waals surface area contributed by atoms with Gasteiger partial charge in [0.25, 0.3) is 0 Å². The summed E-state index contributed by atoms with van der Waals surface area (Å²) in [5.74, 6) is 1.02. The Morgan fingerprint density at radius 1 is 1.90 bits per heavy atom. The first kappa shape index (κ1) is 6.24. The zero-order chi connectivity index (χ0) is 6.81. The summed E-state index contributed by atoms with van der Waals surface area (Å²) in [7, 11) is 0. The monoisotopic (exact) mass is 156 g/mol. The molecule has 1 aliphatic rings. The van der Waals surface area contributed by atoms with Crippen LogP contribution in [0.3, 0.4) is 0 Å². The van der Waals surface area contributed by atoms with Crippen molar-refractivity contribution in [2.45, 2.75) is 11.3 Å². The third-order valence-corrected chi connectivity index (χ3v) is 2.32. The molecule has 0 spiro atoms. The summed E-state index contributed by atoms with van der Waals surface area (Å²) in [6, 6.07) is 0. The van der Waals surface area contributed by atoms with Crippen LogP contribution in [0.2, 0.25) is 0 Å². The number of epoxide rings is 1. The maximum atomic E-state index is 5.04. The molecule has 0 radical (unpaired) electrons. The van der Waals surface area contributed by atoms with E-state index in [0.29, 0.717) is 6.10 Å². The fraction of sp³-hybridized carbons (Fsp3) is 0.500. The summed E-state index contributed by atoms with van der Waals surface area (Å²) in [6.07, 6.45) is 4.07. The number of rotatable bonds is 3. The molecular weight excluding hydrogens is 148 g/mol. The summed E-state index contributed by atoms with van der Waals surface area (Å²) in [5.41, 5.74) is 0. The largest absolute Gasteiger partial charge is 0.372 e. The van der Waals surface area contributed by atoms with Crippen molar-refractivity contribution in [1.29, 1.82) is 0 Å². The molecule has 1 atom stereocenters. The van der Waals surface area contributed by atoms with Gasteiger partial charge in [0, 0.05) is 18.1 Å². The summed E-state index contributed by atoms with van der Waals surface area (Å²) in [5, 5.41) is 0.982. The molecule has 1 N–H and O–H groups in total. The molecule has 2 heterocycles. The van der Waals surface area contributed by atoms with Gasteiger partial charge in [-0.2, -0.15) is 0 Å². The minimum Gasteiger partial charge on any atom is -0.372 e. The second-order valence-corrected chi connectivity index (χ2v) is 3.17. The molecule has 3 nitrogen and oxygen atoms in total. The fourth-order valence-corrected chi connectivity index (χ4v) is 1.49. The molecule has 0 aromatic carbocycles. The van der Waals surface area contributed by atoms with Crippen molar-refractivity contribution in [3.05, 3.63) is 12.4 Å². The zero-order valence-corrected chi connectivity index (χ0v) is 6.23.